The van der Waals surface area contributed by atoms with Crippen LogP contribution in [0.5, 0.6) is 0 Å². The van der Waals surface area contributed by atoms with Gasteiger partial charge in [-0.25, -0.2) is 9.97 Å². The van der Waals surface area contributed by atoms with Gasteiger partial charge in [-0.05, 0) is 32.2 Å². The summed E-state index contributed by atoms with van der Waals surface area (Å²) in [6.45, 7) is 7.46. The molecule has 1 N–H and O–H groups in total. The predicted molar refractivity (Wildman–Crippen MR) is 119 cm³/mol. The number of hydrogen-bond acceptors (Lipinski definition) is 6. The van der Waals surface area contributed by atoms with E-state index in [-0.39, 0.29) is 5.91 Å². The standard InChI is InChI=1S/C23H28N4O2S/c1-16-5-7-18(8-6-16)20-12-24-22(29-20)10-9-21(28)26-23-25-19(15-30-23)14-27-11-3-4-17(2)13-27/h5-8,12,15,17H,3-4,9-11,13-14H2,1-2H3,(H,25,26,28). The number of likely N-dealkylation sites (tertiary alicyclic amines) is 1. The van der Waals surface area contributed by atoms with E-state index in [9.17, 15) is 4.79 Å². The minimum Gasteiger partial charge on any atom is -0.441 e. The maximum Gasteiger partial charge on any atom is 0.226 e. The van der Waals surface area contributed by atoms with Crippen molar-refractivity contribution in [3.8, 4) is 11.3 Å². The number of thiazole rings is 1. The molecule has 1 saturated heterocycles. The summed E-state index contributed by atoms with van der Waals surface area (Å²) in [5.41, 5.74) is 3.22. The average molecular weight is 425 g/mol. The zero-order chi connectivity index (χ0) is 20.9. The highest BCUT2D eigenvalue weighted by Crippen LogP contribution is 2.23. The number of rotatable bonds is 7. The molecule has 1 aliphatic rings. The highest BCUT2D eigenvalue weighted by molar-refractivity contribution is 7.13. The second-order valence-electron chi connectivity index (χ2n) is 8.16. The van der Waals surface area contributed by atoms with Crippen molar-refractivity contribution in [2.24, 2.45) is 5.92 Å². The lowest BCUT2D eigenvalue weighted by molar-refractivity contribution is -0.116. The zero-order valence-corrected chi connectivity index (χ0v) is 18.4. The molecule has 3 aromatic rings. The first-order chi connectivity index (χ1) is 14.5. The Morgan fingerprint density at radius 2 is 2.17 bits per heavy atom. The first-order valence-corrected chi connectivity index (χ1v) is 11.4. The molecule has 0 saturated carbocycles. The van der Waals surface area contributed by atoms with Gasteiger partial charge < -0.3 is 9.73 Å². The summed E-state index contributed by atoms with van der Waals surface area (Å²) in [6, 6.07) is 8.10. The topological polar surface area (TPSA) is 71.3 Å². The van der Waals surface area contributed by atoms with Crippen molar-refractivity contribution >= 4 is 22.4 Å². The molecule has 6 nitrogen and oxygen atoms in total. The van der Waals surface area contributed by atoms with Crippen LogP contribution >= 0.6 is 11.3 Å². The van der Waals surface area contributed by atoms with Gasteiger partial charge in [-0.2, -0.15) is 0 Å². The molecule has 1 atom stereocenters. The fourth-order valence-corrected chi connectivity index (χ4v) is 4.49. The minimum atomic E-state index is -0.0717. The van der Waals surface area contributed by atoms with Gasteiger partial charge in [-0.3, -0.25) is 9.69 Å². The van der Waals surface area contributed by atoms with Gasteiger partial charge in [0.05, 0.1) is 11.9 Å². The van der Waals surface area contributed by atoms with Gasteiger partial charge in [0.2, 0.25) is 5.91 Å². The molecule has 0 aliphatic carbocycles. The van der Waals surface area contributed by atoms with Gasteiger partial charge in [0.25, 0.3) is 0 Å². The maximum atomic E-state index is 12.3. The number of piperidine rings is 1. The van der Waals surface area contributed by atoms with Crippen molar-refractivity contribution in [3.63, 3.8) is 0 Å². The van der Waals surface area contributed by atoms with Crippen molar-refractivity contribution in [1.82, 2.24) is 14.9 Å². The molecule has 2 aromatic heterocycles. The number of nitrogens with zero attached hydrogens (tertiary/aromatic N) is 3. The van der Waals surface area contributed by atoms with Crippen LogP contribution in [0.2, 0.25) is 0 Å². The number of hydrogen-bond donors (Lipinski definition) is 1. The average Bonchev–Trinajstić information content (AvgIpc) is 3.37. The highest BCUT2D eigenvalue weighted by Gasteiger charge is 2.17. The van der Waals surface area contributed by atoms with Crippen molar-refractivity contribution in [1.29, 1.82) is 0 Å². The number of aryl methyl sites for hydroxylation is 2. The number of anilines is 1. The second-order valence-corrected chi connectivity index (χ2v) is 9.02. The molecule has 7 heteroatoms. The van der Waals surface area contributed by atoms with Crippen LogP contribution in [0.3, 0.4) is 0 Å². The third kappa shape index (κ3) is 5.55. The van der Waals surface area contributed by atoms with E-state index in [0.717, 1.165) is 42.6 Å². The summed E-state index contributed by atoms with van der Waals surface area (Å²) in [7, 11) is 0. The molecule has 30 heavy (non-hydrogen) atoms. The fourth-order valence-electron chi connectivity index (χ4n) is 3.78. The van der Waals surface area contributed by atoms with E-state index in [1.165, 1.54) is 29.7 Å². The number of benzene rings is 1. The number of carbonyl (C=O) groups excluding carboxylic acids is 1. The molecule has 0 radical (unpaired) electrons. The second kappa shape index (κ2) is 9.53. The molecule has 158 valence electrons. The Morgan fingerprint density at radius 3 is 2.97 bits per heavy atom. The summed E-state index contributed by atoms with van der Waals surface area (Å²) in [4.78, 5) is 23.7. The van der Waals surface area contributed by atoms with Crippen LogP contribution in [-0.4, -0.2) is 33.9 Å². The van der Waals surface area contributed by atoms with E-state index in [1.807, 2.05) is 36.6 Å². The largest absolute Gasteiger partial charge is 0.441 e. The van der Waals surface area contributed by atoms with Crippen LogP contribution < -0.4 is 5.32 Å². The number of aromatic nitrogens is 2. The highest BCUT2D eigenvalue weighted by atomic mass is 32.1. The molecular weight excluding hydrogens is 396 g/mol. The van der Waals surface area contributed by atoms with Crippen LogP contribution in [0.25, 0.3) is 11.3 Å². The summed E-state index contributed by atoms with van der Waals surface area (Å²) >= 11 is 1.48. The van der Waals surface area contributed by atoms with Gasteiger partial charge in [-0.15, -0.1) is 11.3 Å². The molecule has 0 spiro atoms. The molecule has 1 amide bonds. The normalized spacial score (nSPS) is 17.2. The Bertz CT molecular complexity index is 979. The van der Waals surface area contributed by atoms with E-state index in [2.05, 4.69) is 27.1 Å². The van der Waals surface area contributed by atoms with Crippen LogP contribution in [0, 0.1) is 12.8 Å². The summed E-state index contributed by atoms with van der Waals surface area (Å²) in [6.07, 6.45) is 5.05. The van der Waals surface area contributed by atoms with Crippen molar-refractivity contribution in [2.75, 3.05) is 18.4 Å². The quantitative estimate of drug-likeness (QED) is 0.583. The maximum absolute atomic E-state index is 12.3. The third-order valence-corrected chi connectivity index (χ3v) is 6.19. The van der Waals surface area contributed by atoms with Crippen LogP contribution in [0.4, 0.5) is 5.13 Å². The van der Waals surface area contributed by atoms with Gasteiger partial charge in [0.1, 0.15) is 0 Å². The first kappa shape index (κ1) is 20.8. The Kier molecular flexibility index (Phi) is 6.59. The number of amides is 1. The van der Waals surface area contributed by atoms with Gasteiger partial charge >= 0.3 is 0 Å². The number of oxazole rings is 1. The van der Waals surface area contributed by atoms with E-state index in [4.69, 9.17) is 4.42 Å². The lowest BCUT2D eigenvalue weighted by atomic mass is 10.0. The van der Waals surface area contributed by atoms with Crippen molar-refractivity contribution in [2.45, 2.75) is 46.1 Å². The monoisotopic (exact) mass is 424 g/mol. The smallest absolute Gasteiger partial charge is 0.226 e. The minimum absolute atomic E-state index is 0.0717. The lowest BCUT2D eigenvalue weighted by Crippen LogP contribution is -2.33. The molecule has 1 fully saturated rings. The summed E-state index contributed by atoms with van der Waals surface area (Å²) < 4.78 is 5.80. The van der Waals surface area contributed by atoms with Crippen LogP contribution in [-0.2, 0) is 17.8 Å². The van der Waals surface area contributed by atoms with Gasteiger partial charge in [-0.1, -0.05) is 36.8 Å². The van der Waals surface area contributed by atoms with E-state index in [1.54, 1.807) is 6.20 Å². The summed E-state index contributed by atoms with van der Waals surface area (Å²) in [5.74, 6) is 1.97. The molecule has 4 rings (SSSR count). The van der Waals surface area contributed by atoms with E-state index in [0.29, 0.717) is 23.9 Å². The van der Waals surface area contributed by atoms with Gasteiger partial charge in [0, 0.05) is 36.9 Å². The molecular formula is C23H28N4O2S. The molecule has 0 bridgehead atoms. The van der Waals surface area contributed by atoms with Gasteiger partial charge in [0.15, 0.2) is 16.8 Å². The SMILES string of the molecule is Cc1ccc(-c2cnc(CCC(=O)Nc3nc(CN4CCCC(C)C4)cs3)o2)cc1. The summed E-state index contributed by atoms with van der Waals surface area (Å²) in [5, 5.41) is 5.60. The Labute approximate surface area is 181 Å². The molecule has 1 aliphatic heterocycles. The Balaban J connectivity index is 1.25. The lowest BCUT2D eigenvalue weighted by Gasteiger charge is -2.30. The Morgan fingerprint density at radius 1 is 1.33 bits per heavy atom. The third-order valence-electron chi connectivity index (χ3n) is 5.38. The number of nitrogens with one attached hydrogen (secondary N) is 1. The van der Waals surface area contributed by atoms with E-state index < -0.39 is 0 Å². The van der Waals surface area contributed by atoms with Crippen molar-refractivity contribution < 1.29 is 9.21 Å². The first-order valence-electron chi connectivity index (χ1n) is 10.5. The molecule has 1 aromatic carbocycles. The van der Waals surface area contributed by atoms with Crippen LogP contribution in [0.1, 0.15) is 43.3 Å². The fraction of sp³-hybridized carbons (Fsp3) is 0.435. The van der Waals surface area contributed by atoms with E-state index >= 15 is 0 Å². The molecule has 3 heterocycles. The molecule has 1 unspecified atom stereocenters. The number of carbonyl (C=O) groups is 1. The Hall–Kier alpha value is -2.51. The van der Waals surface area contributed by atoms with Crippen LogP contribution in [0.15, 0.2) is 40.3 Å². The predicted octanol–water partition coefficient (Wildman–Crippen LogP) is 4.91. The zero-order valence-electron chi connectivity index (χ0n) is 17.6. The van der Waals surface area contributed by atoms with Crippen molar-refractivity contribution in [3.05, 3.63) is 53.0 Å².